The third-order valence-corrected chi connectivity index (χ3v) is 3.01. The standard InChI is InChI=1S/C10H8N10O/c21-8(10-14-18-19-15-10)6-2-1-3-7-11-5(4-20(6)7)9-12-16-17-13-9/h1-4,8,21H,(H,12,13,16,17)(H,14,15,18,19). The molecule has 0 bridgehead atoms. The molecule has 0 aliphatic heterocycles. The molecule has 1 atom stereocenters. The fraction of sp³-hybridized carbons (Fsp3) is 0.100. The molecule has 0 saturated carbocycles. The predicted octanol–water partition coefficient (Wildman–Crippen LogP) is -0.891. The fourth-order valence-corrected chi connectivity index (χ4v) is 2.06. The number of nitrogens with one attached hydrogen (secondary N) is 2. The number of hydrogen-bond donors (Lipinski definition) is 3. The van der Waals surface area contributed by atoms with Gasteiger partial charge >= 0.3 is 0 Å². The number of aliphatic hydroxyl groups excluding tert-OH is 1. The van der Waals surface area contributed by atoms with E-state index in [4.69, 9.17) is 0 Å². The first-order valence-corrected chi connectivity index (χ1v) is 5.97. The summed E-state index contributed by atoms with van der Waals surface area (Å²) >= 11 is 0. The zero-order valence-electron chi connectivity index (χ0n) is 10.4. The van der Waals surface area contributed by atoms with Gasteiger partial charge in [-0.1, -0.05) is 6.07 Å². The van der Waals surface area contributed by atoms with Gasteiger partial charge in [-0.3, -0.25) is 0 Å². The van der Waals surface area contributed by atoms with E-state index in [1.165, 1.54) is 0 Å². The van der Waals surface area contributed by atoms with Gasteiger partial charge in [-0.05, 0) is 33.0 Å². The number of aromatic nitrogens is 10. The smallest absolute Gasteiger partial charge is 0.199 e. The van der Waals surface area contributed by atoms with E-state index >= 15 is 0 Å². The van der Waals surface area contributed by atoms with Crippen LogP contribution in [0.25, 0.3) is 17.2 Å². The van der Waals surface area contributed by atoms with Crippen molar-refractivity contribution in [2.75, 3.05) is 0 Å². The van der Waals surface area contributed by atoms with Crippen LogP contribution < -0.4 is 0 Å². The first-order valence-electron chi connectivity index (χ1n) is 5.97. The fourth-order valence-electron chi connectivity index (χ4n) is 2.06. The van der Waals surface area contributed by atoms with Crippen molar-refractivity contribution in [1.82, 2.24) is 50.6 Å². The van der Waals surface area contributed by atoms with E-state index in [0.29, 0.717) is 22.9 Å². The normalized spacial score (nSPS) is 12.8. The number of pyridine rings is 1. The van der Waals surface area contributed by atoms with Gasteiger partial charge in [0.25, 0.3) is 0 Å². The Morgan fingerprint density at radius 2 is 1.95 bits per heavy atom. The number of aromatic amines is 2. The van der Waals surface area contributed by atoms with Crippen LogP contribution in [0, 0.1) is 0 Å². The van der Waals surface area contributed by atoms with E-state index in [-0.39, 0.29) is 5.82 Å². The van der Waals surface area contributed by atoms with Crippen LogP contribution in [0.15, 0.2) is 24.4 Å². The van der Waals surface area contributed by atoms with Gasteiger partial charge < -0.3 is 9.51 Å². The van der Waals surface area contributed by atoms with Crippen molar-refractivity contribution in [1.29, 1.82) is 0 Å². The number of hydrogen-bond acceptors (Lipinski definition) is 8. The summed E-state index contributed by atoms with van der Waals surface area (Å²) in [4.78, 5) is 4.40. The lowest BCUT2D eigenvalue weighted by Gasteiger charge is -2.09. The summed E-state index contributed by atoms with van der Waals surface area (Å²) in [6, 6.07) is 5.35. The summed E-state index contributed by atoms with van der Waals surface area (Å²) < 4.78 is 1.73. The van der Waals surface area contributed by atoms with E-state index in [2.05, 4.69) is 46.2 Å². The van der Waals surface area contributed by atoms with Crippen molar-refractivity contribution in [3.05, 3.63) is 35.9 Å². The van der Waals surface area contributed by atoms with Crippen molar-refractivity contribution in [2.45, 2.75) is 6.10 Å². The van der Waals surface area contributed by atoms with Crippen molar-refractivity contribution in [3.63, 3.8) is 0 Å². The van der Waals surface area contributed by atoms with Crippen LogP contribution in [0.2, 0.25) is 0 Å². The van der Waals surface area contributed by atoms with Crippen LogP contribution in [-0.2, 0) is 0 Å². The highest BCUT2D eigenvalue weighted by Gasteiger charge is 2.18. The summed E-state index contributed by atoms with van der Waals surface area (Å²) in [6.07, 6.45) is 0.721. The van der Waals surface area contributed by atoms with Crippen LogP contribution in [0.1, 0.15) is 17.6 Å². The number of rotatable bonds is 3. The molecule has 0 radical (unpaired) electrons. The average Bonchev–Trinajstić information content (AvgIpc) is 3.24. The highest BCUT2D eigenvalue weighted by atomic mass is 16.3. The highest BCUT2D eigenvalue weighted by Crippen LogP contribution is 2.22. The molecule has 1 unspecified atom stereocenters. The van der Waals surface area contributed by atoms with Crippen LogP contribution in [0.4, 0.5) is 0 Å². The zero-order valence-corrected chi connectivity index (χ0v) is 10.4. The van der Waals surface area contributed by atoms with Crippen LogP contribution in [0.3, 0.4) is 0 Å². The van der Waals surface area contributed by atoms with Gasteiger partial charge in [0.15, 0.2) is 17.8 Å². The van der Waals surface area contributed by atoms with Gasteiger partial charge in [0, 0.05) is 6.20 Å². The maximum atomic E-state index is 10.3. The second kappa shape index (κ2) is 4.42. The van der Waals surface area contributed by atoms with E-state index in [1.807, 2.05) is 6.07 Å². The van der Waals surface area contributed by atoms with E-state index < -0.39 is 6.10 Å². The monoisotopic (exact) mass is 284 g/mol. The van der Waals surface area contributed by atoms with Crippen molar-refractivity contribution in [2.24, 2.45) is 0 Å². The Labute approximate surface area is 116 Å². The Morgan fingerprint density at radius 3 is 2.71 bits per heavy atom. The number of nitrogens with zero attached hydrogens (tertiary/aromatic N) is 8. The molecule has 0 amide bonds. The molecular weight excluding hydrogens is 276 g/mol. The number of imidazole rings is 1. The van der Waals surface area contributed by atoms with E-state index in [1.54, 1.807) is 22.7 Å². The molecule has 3 N–H and O–H groups in total. The summed E-state index contributed by atoms with van der Waals surface area (Å²) in [7, 11) is 0. The van der Waals surface area contributed by atoms with Crippen molar-refractivity contribution >= 4 is 5.65 Å². The molecule has 0 aromatic carbocycles. The minimum absolute atomic E-state index is 0.249. The van der Waals surface area contributed by atoms with E-state index in [0.717, 1.165) is 0 Å². The summed E-state index contributed by atoms with van der Waals surface area (Å²) in [5.74, 6) is 0.694. The Balaban J connectivity index is 1.86. The Bertz CT molecular complexity index is 865. The molecule has 11 nitrogen and oxygen atoms in total. The molecule has 4 heterocycles. The minimum Gasteiger partial charge on any atom is -0.379 e. The molecule has 11 heteroatoms. The van der Waals surface area contributed by atoms with Gasteiger partial charge in [-0.2, -0.15) is 0 Å². The maximum Gasteiger partial charge on any atom is 0.199 e. The van der Waals surface area contributed by atoms with Gasteiger partial charge in [0.05, 0.1) is 5.69 Å². The number of tetrazole rings is 2. The lowest BCUT2D eigenvalue weighted by atomic mass is 10.2. The van der Waals surface area contributed by atoms with Crippen molar-refractivity contribution < 1.29 is 5.11 Å². The molecule has 4 aromatic rings. The van der Waals surface area contributed by atoms with E-state index in [9.17, 15) is 5.11 Å². The Morgan fingerprint density at radius 1 is 1.10 bits per heavy atom. The third kappa shape index (κ3) is 1.83. The molecule has 4 aromatic heterocycles. The molecule has 0 fully saturated rings. The molecular formula is C10H8N10O. The topological polar surface area (TPSA) is 146 Å². The molecule has 0 saturated heterocycles. The quantitative estimate of drug-likeness (QED) is 0.439. The number of aliphatic hydroxyl groups is 1. The van der Waals surface area contributed by atoms with Crippen LogP contribution >= 0.6 is 0 Å². The molecule has 0 aliphatic carbocycles. The van der Waals surface area contributed by atoms with Crippen LogP contribution in [0.5, 0.6) is 0 Å². The largest absolute Gasteiger partial charge is 0.379 e. The molecule has 21 heavy (non-hydrogen) atoms. The number of fused-ring (bicyclic) bond motifs is 1. The maximum absolute atomic E-state index is 10.3. The predicted molar refractivity (Wildman–Crippen MR) is 66.6 cm³/mol. The first-order chi connectivity index (χ1) is 10.3. The highest BCUT2D eigenvalue weighted by molar-refractivity contribution is 5.55. The molecule has 4 rings (SSSR count). The minimum atomic E-state index is -1.00. The zero-order chi connectivity index (χ0) is 14.2. The molecule has 0 spiro atoms. The third-order valence-electron chi connectivity index (χ3n) is 3.01. The summed E-state index contributed by atoms with van der Waals surface area (Å²) in [6.45, 7) is 0. The molecule has 104 valence electrons. The van der Waals surface area contributed by atoms with Gasteiger partial charge in [0.1, 0.15) is 11.3 Å². The second-order valence-corrected chi connectivity index (χ2v) is 4.24. The first kappa shape index (κ1) is 11.6. The summed E-state index contributed by atoms with van der Waals surface area (Å²) in [5.41, 5.74) is 1.78. The van der Waals surface area contributed by atoms with Gasteiger partial charge in [-0.15, -0.1) is 10.2 Å². The second-order valence-electron chi connectivity index (χ2n) is 4.24. The molecule has 0 aliphatic rings. The Kier molecular flexibility index (Phi) is 2.44. The Hall–Kier alpha value is -3.21. The van der Waals surface area contributed by atoms with Gasteiger partial charge in [0.2, 0.25) is 0 Å². The van der Waals surface area contributed by atoms with Gasteiger partial charge in [-0.25, -0.2) is 15.2 Å². The SMILES string of the molecule is OC(c1nnn[nH]1)c1cccc2nc(-c3nnn[nH]3)cn12. The average molecular weight is 284 g/mol. The number of H-pyrrole nitrogens is 2. The lowest BCUT2D eigenvalue weighted by Crippen LogP contribution is -2.07. The van der Waals surface area contributed by atoms with Crippen molar-refractivity contribution in [3.8, 4) is 11.5 Å². The van der Waals surface area contributed by atoms with Crippen LogP contribution in [-0.4, -0.2) is 55.7 Å². The lowest BCUT2D eigenvalue weighted by molar-refractivity contribution is 0.203. The summed E-state index contributed by atoms with van der Waals surface area (Å²) in [5, 5.41) is 37.0.